The lowest BCUT2D eigenvalue weighted by Crippen LogP contribution is -2.35. The molecule has 0 fully saturated rings. The van der Waals surface area contributed by atoms with Crippen LogP contribution >= 0.6 is 0 Å². The molecule has 0 radical (unpaired) electrons. The zero-order valence-electron chi connectivity index (χ0n) is 34.4. The van der Waals surface area contributed by atoms with Gasteiger partial charge in [0.25, 0.3) is 0 Å². The number of anilines is 4. The molecule has 4 aromatic rings. The molecule has 0 aliphatic heterocycles. The molecule has 3 amide bonds. The van der Waals surface area contributed by atoms with Crippen molar-refractivity contribution >= 4 is 57.7 Å². The van der Waals surface area contributed by atoms with E-state index >= 15 is 4.39 Å². The van der Waals surface area contributed by atoms with Gasteiger partial charge in [-0.2, -0.15) is 0 Å². The lowest BCUT2D eigenvalue weighted by atomic mass is 9.96. The fourth-order valence-corrected chi connectivity index (χ4v) is 5.64. The summed E-state index contributed by atoms with van der Waals surface area (Å²) in [5, 5.41) is 2.79. The van der Waals surface area contributed by atoms with E-state index in [1.807, 2.05) is 0 Å². The van der Waals surface area contributed by atoms with E-state index in [4.69, 9.17) is 32.8 Å². The van der Waals surface area contributed by atoms with E-state index < -0.39 is 52.2 Å². The number of furan rings is 1. The Labute approximate surface area is 336 Å². The third-order valence-corrected chi connectivity index (χ3v) is 8.07. The normalized spacial score (nSPS) is 11.4. The smallest absolute Gasteiger partial charge is 0.420 e. The zero-order chi connectivity index (χ0) is 43.1. The minimum absolute atomic E-state index is 0.0140. The monoisotopic (exact) mass is 804 g/mol. The molecular formula is C42H49FN4O11. The zero-order valence-corrected chi connectivity index (χ0v) is 34.4. The maximum atomic E-state index is 16.2. The average Bonchev–Trinajstić information content (AvgIpc) is 3.53. The van der Waals surface area contributed by atoms with Crippen LogP contribution in [-0.4, -0.2) is 81.7 Å². The van der Waals surface area contributed by atoms with E-state index in [-0.39, 0.29) is 70.5 Å². The predicted molar refractivity (Wildman–Crippen MR) is 216 cm³/mol. The number of methoxy groups -OCH3 is 3. The van der Waals surface area contributed by atoms with E-state index in [1.165, 1.54) is 64.9 Å². The van der Waals surface area contributed by atoms with Crippen molar-refractivity contribution in [2.45, 2.75) is 59.2 Å². The van der Waals surface area contributed by atoms with E-state index in [0.717, 1.165) is 15.9 Å². The SMILES string of the molecule is C=CCc1c(OC)cc(OC)c(F)c1C(=O)c1oc2cnc(N(C(=O)OC(C)(C)C)c3ccc(OCCOC)cc3NC(=O)C=C)cc2c1N(C)C(=O)OC(C)(C)C. The first kappa shape index (κ1) is 44.3. The number of halogens is 1. The van der Waals surface area contributed by atoms with Crippen LogP contribution in [0.5, 0.6) is 17.2 Å². The number of hydrogen-bond donors (Lipinski definition) is 1. The highest BCUT2D eigenvalue weighted by Gasteiger charge is 2.36. The Balaban J connectivity index is 2.08. The number of carbonyl (C=O) groups excluding carboxylic acids is 4. The average molecular weight is 805 g/mol. The first-order valence-electron chi connectivity index (χ1n) is 18.0. The summed E-state index contributed by atoms with van der Waals surface area (Å²) < 4.78 is 55.4. The molecule has 4 rings (SSSR count). The lowest BCUT2D eigenvalue weighted by molar-refractivity contribution is -0.111. The van der Waals surface area contributed by atoms with Gasteiger partial charge in [0.05, 0.1) is 49.3 Å². The number of ketones is 1. The quantitative estimate of drug-likeness (QED) is 0.0527. The number of ether oxygens (including phenoxy) is 6. The van der Waals surface area contributed by atoms with Crippen molar-refractivity contribution in [1.82, 2.24) is 4.98 Å². The summed E-state index contributed by atoms with van der Waals surface area (Å²) in [6.07, 6.45) is 1.96. The minimum Gasteiger partial charge on any atom is -0.496 e. The van der Waals surface area contributed by atoms with Crippen molar-refractivity contribution in [3.63, 3.8) is 0 Å². The van der Waals surface area contributed by atoms with E-state index in [1.54, 1.807) is 47.6 Å². The molecule has 0 atom stereocenters. The van der Waals surface area contributed by atoms with Crippen molar-refractivity contribution in [1.29, 1.82) is 0 Å². The maximum Gasteiger partial charge on any atom is 0.420 e. The van der Waals surface area contributed by atoms with Gasteiger partial charge < -0.3 is 38.2 Å². The van der Waals surface area contributed by atoms with Gasteiger partial charge in [-0.3, -0.25) is 14.5 Å². The molecule has 2 aromatic heterocycles. The summed E-state index contributed by atoms with van der Waals surface area (Å²) in [6.45, 7) is 17.7. The fourth-order valence-electron chi connectivity index (χ4n) is 5.64. The van der Waals surface area contributed by atoms with E-state index in [2.05, 4.69) is 23.5 Å². The van der Waals surface area contributed by atoms with Gasteiger partial charge in [-0.15, -0.1) is 6.58 Å². The van der Waals surface area contributed by atoms with Crippen LogP contribution in [0.25, 0.3) is 11.0 Å². The molecule has 0 saturated heterocycles. The molecule has 0 bridgehead atoms. The van der Waals surface area contributed by atoms with Crippen molar-refractivity contribution in [2.24, 2.45) is 0 Å². The van der Waals surface area contributed by atoms with Crippen molar-refractivity contribution in [3.05, 3.63) is 84.5 Å². The molecule has 310 valence electrons. The molecule has 0 aliphatic carbocycles. The molecule has 0 spiro atoms. The molecule has 0 saturated carbocycles. The number of hydrogen-bond acceptors (Lipinski definition) is 12. The molecule has 2 heterocycles. The number of pyridine rings is 1. The first-order valence-corrected chi connectivity index (χ1v) is 18.0. The largest absolute Gasteiger partial charge is 0.496 e. The minimum atomic E-state index is -1.00. The van der Waals surface area contributed by atoms with Crippen LogP contribution in [0.1, 0.15) is 63.2 Å². The summed E-state index contributed by atoms with van der Waals surface area (Å²) >= 11 is 0. The van der Waals surface area contributed by atoms with Crippen LogP contribution in [0, 0.1) is 5.82 Å². The van der Waals surface area contributed by atoms with Gasteiger partial charge in [0.15, 0.2) is 22.9 Å². The Morgan fingerprint density at radius 2 is 1.57 bits per heavy atom. The highest BCUT2D eigenvalue weighted by atomic mass is 19.1. The van der Waals surface area contributed by atoms with Gasteiger partial charge >= 0.3 is 12.2 Å². The Morgan fingerprint density at radius 1 is 0.914 bits per heavy atom. The second kappa shape index (κ2) is 18.2. The van der Waals surface area contributed by atoms with Gasteiger partial charge in [-0.1, -0.05) is 12.7 Å². The lowest BCUT2D eigenvalue weighted by Gasteiger charge is -2.28. The topological polar surface area (TPSA) is 168 Å². The predicted octanol–water partition coefficient (Wildman–Crippen LogP) is 8.54. The Kier molecular flexibility index (Phi) is 13.9. The van der Waals surface area contributed by atoms with E-state index in [0.29, 0.717) is 5.75 Å². The molecular weight excluding hydrogens is 755 g/mol. The van der Waals surface area contributed by atoms with Crippen LogP contribution in [0.4, 0.5) is 36.9 Å². The number of nitrogens with one attached hydrogen (secondary N) is 1. The fraction of sp³-hybridized carbons (Fsp3) is 0.357. The third kappa shape index (κ3) is 10.1. The number of amides is 3. The Bertz CT molecular complexity index is 2220. The van der Waals surface area contributed by atoms with Gasteiger partial charge in [-0.05, 0) is 72.2 Å². The number of nitrogens with zero attached hydrogens (tertiary/aromatic N) is 3. The summed E-state index contributed by atoms with van der Waals surface area (Å²) in [7, 11) is 5.46. The Hall–Kier alpha value is -6.42. The highest BCUT2D eigenvalue weighted by Crippen LogP contribution is 2.42. The molecule has 0 unspecified atom stereocenters. The summed E-state index contributed by atoms with van der Waals surface area (Å²) in [5.74, 6) is -2.94. The number of aromatic nitrogens is 1. The van der Waals surface area contributed by atoms with Crippen molar-refractivity contribution in [3.8, 4) is 17.2 Å². The summed E-state index contributed by atoms with van der Waals surface area (Å²) in [4.78, 5) is 61.9. The number of fused-ring (bicyclic) bond motifs is 1. The highest BCUT2D eigenvalue weighted by molar-refractivity contribution is 6.18. The number of carbonyl (C=O) groups is 4. The molecule has 2 aromatic carbocycles. The summed E-state index contributed by atoms with van der Waals surface area (Å²) in [5.41, 5.74) is -2.24. The molecule has 15 nitrogen and oxygen atoms in total. The van der Waals surface area contributed by atoms with Gasteiger partial charge in [0, 0.05) is 31.9 Å². The van der Waals surface area contributed by atoms with E-state index in [9.17, 15) is 19.2 Å². The van der Waals surface area contributed by atoms with Gasteiger partial charge in [0.1, 0.15) is 40.8 Å². The molecule has 16 heteroatoms. The molecule has 0 aliphatic rings. The second-order valence-corrected chi connectivity index (χ2v) is 14.7. The standard InChI is InChI=1S/C42H49FN4O11/c1-13-15-25-29(53-11)22-30(54-12)35(43)34(25)37(49)38-36(46(9)39(50)57-41(3,4)5)26-21-32(44-23-31(26)56-38)47(40(51)58-42(6,7)8)28-17-16-24(55-19-18-52-10)20-27(28)45-33(48)14-2/h13-14,16-17,20-23H,1-2,15,18-19H2,3-12H3,(H,45,48). The first-order chi connectivity index (χ1) is 27.3. The van der Waals surface area contributed by atoms with Crippen molar-refractivity contribution < 1.29 is 56.4 Å². The molecule has 58 heavy (non-hydrogen) atoms. The van der Waals surface area contributed by atoms with Crippen LogP contribution in [0.3, 0.4) is 0 Å². The number of benzene rings is 2. The van der Waals surface area contributed by atoms with Crippen LogP contribution < -0.4 is 29.3 Å². The van der Waals surface area contributed by atoms with Crippen LogP contribution in [-0.2, 0) is 25.4 Å². The summed E-state index contributed by atoms with van der Waals surface area (Å²) in [6, 6.07) is 7.26. The third-order valence-electron chi connectivity index (χ3n) is 8.07. The molecule has 1 N–H and O–H groups in total. The van der Waals surface area contributed by atoms with Crippen LogP contribution in [0.15, 0.2) is 66.3 Å². The van der Waals surface area contributed by atoms with Crippen molar-refractivity contribution in [2.75, 3.05) is 56.7 Å². The second-order valence-electron chi connectivity index (χ2n) is 14.7. The number of rotatable bonds is 15. The maximum absolute atomic E-state index is 16.2. The Morgan fingerprint density at radius 3 is 2.16 bits per heavy atom. The van der Waals surface area contributed by atoms with Gasteiger partial charge in [-0.25, -0.2) is 23.9 Å². The van der Waals surface area contributed by atoms with Crippen LogP contribution in [0.2, 0.25) is 0 Å². The number of allylic oxidation sites excluding steroid dienone is 1. The van der Waals surface area contributed by atoms with Gasteiger partial charge in [0.2, 0.25) is 11.7 Å².